The zero-order valence-electron chi connectivity index (χ0n) is 10.2. The standard InChI is InChI=1S/C12H17N3O2S/c16-11(17)9-5-6-15(7-9)12-13-10(14-18-12)8-3-1-2-4-8/h8-9H,1-7H2,(H,16,17). The number of hydrogen-bond acceptors (Lipinski definition) is 5. The fraction of sp³-hybridized carbons (Fsp3) is 0.750. The first-order valence-corrected chi connectivity index (χ1v) is 7.33. The molecular formula is C12H17N3O2S. The van der Waals surface area contributed by atoms with Crippen LogP contribution in [0.25, 0.3) is 0 Å². The van der Waals surface area contributed by atoms with Crippen LogP contribution >= 0.6 is 11.5 Å². The quantitative estimate of drug-likeness (QED) is 0.908. The van der Waals surface area contributed by atoms with E-state index in [0.717, 1.165) is 17.5 Å². The van der Waals surface area contributed by atoms with Crippen molar-refractivity contribution in [3.8, 4) is 0 Å². The number of aliphatic carboxylic acids is 1. The van der Waals surface area contributed by atoms with Gasteiger partial charge in [-0.2, -0.15) is 4.37 Å². The second-order valence-electron chi connectivity index (χ2n) is 5.19. The lowest BCUT2D eigenvalue weighted by Gasteiger charge is -2.12. The maximum Gasteiger partial charge on any atom is 0.308 e. The molecule has 3 rings (SSSR count). The van der Waals surface area contributed by atoms with Crippen molar-refractivity contribution in [1.82, 2.24) is 9.36 Å². The molecule has 0 aromatic carbocycles. The molecule has 1 unspecified atom stereocenters. The maximum absolute atomic E-state index is 10.9. The van der Waals surface area contributed by atoms with Crippen molar-refractivity contribution in [2.24, 2.45) is 5.92 Å². The summed E-state index contributed by atoms with van der Waals surface area (Å²) in [7, 11) is 0. The van der Waals surface area contributed by atoms with Gasteiger partial charge in [-0.25, -0.2) is 4.98 Å². The predicted molar refractivity (Wildman–Crippen MR) is 69.1 cm³/mol. The van der Waals surface area contributed by atoms with Crippen molar-refractivity contribution in [2.45, 2.75) is 38.0 Å². The van der Waals surface area contributed by atoms with E-state index in [-0.39, 0.29) is 5.92 Å². The Kier molecular flexibility index (Phi) is 3.20. The molecule has 1 saturated carbocycles. The largest absolute Gasteiger partial charge is 0.481 e. The highest BCUT2D eigenvalue weighted by Crippen LogP contribution is 2.35. The van der Waals surface area contributed by atoms with E-state index in [9.17, 15) is 4.79 Å². The molecule has 0 bridgehead atoms. The zero-order valence-corrected chi connectivity index (χ0v) is 11.0. The number of carboxylic acid groups (broad SMARTS) is 1. The molecular weight excluding hydrogens is 250 g/mol. The van der Waals surface area contributed by atoms with Crippen molar-refractivity contribution >= 4 is 22.6 Å². The topological polar surface area (TPSA) is 66.3 Å². The van der Waals surface area contributed by atoms with Gasteiger partial charge in [-0.1, -0.05) is 12.8 Å². The first-order valence-electron chi connectivity index (χ1n) is 6.55. The van der Waals surface area contributed by atoms with Gasteiger partial charge in [-0.3, -0.25) is 4.79 Å². The number of nitrogens with zero attached hydrogens (tertiary/aromatic N) is 3. The number of carboxylic acids is 1. The summed E-state index contributed by atoms with van der Waals surface area (Å²) in [6.07, 6.45) is 5.68. The van der Waals surface area contributed by atoms with Gasteiger partial charge in [0.15, 0.2) is 0 Å². The predicted octanol–water partition coefficient (Wildman–Crippen LogP) is 2.11. The van der Waals surface area contributed by atoms with Gasteiger partial charge in [0.2, 0.25) is 5.13 Å². The molecule has 1 aliphatic heterocycles. The van der Waals surface area contributed by atoms with Gasteiger partial charge in [-0.15, -0.1) is 0 Å². The smallest absolute Gasteiger partial charge is 0.308 e. The molecule has 18 heavy (non-hydrogen) atoms. The molecule has 2 heterocycles. The Labute approximate surface area is 110 Å². The zero-order chi connectivity index (χ0) is 12.5. The first-order chi connectivity index (χ1) is 8.74. The van der Waals surface area contributed by atoms with Crippen LogP contribution in [-0.4, -0.2) is 33.5 Å². The Hall–Kier alpha value is -1.17. The fourth-order valence-electron chi connectivity index (χ4n) is 2.84. The number of rotatable bonds is 3. The molecule has 1 saturated heterocycles. The van der Waals surface area contributed by atoms with E-state index >= 15 is 0 Å². The summed E-state index contributed by atoms with van der Waals surface area (Å²) in [5.74, 6) is 0.570. The number of carbonyl (C=O) groups is 1. The van der Waals surface area contributed by atoms with Gasteiger partial charge >= 0.3 is 5.97 Å². The second-order valence-corrected chi connectivity index (χ2v) is 5.92. The molecule has 5 nitrogen and oxygen atoms in total. The van der Waals surface area contributed by atoms with Crippen molar-refractivity contribution in [3.05, 3.63) is 5.82 Å². The summed E-state index contributed by atoms with van der Waals surface area (Å²) in [5, 5.41) is 9.90. The third-order valence-corrected chi connectivity index (χ3v) is 4.75. The summed E-state index contributed by atoms with van der Waals surface area (Å²) >= 11 is 1.42. The van der Waals surface area contributed by atoms with Crippen LogP contribution in [0.4, 0.5) is 5.13 Å². The van der Waals surface area contributed by atoms with Gasteiger partial charge in [0.25, 0.3) is 0 Å². The van der Waals surface area contributed by atoms with Gasteiger partial charge in [0.05, 0.1) is 5.92 Å². The van der Waals surface area contributed by atoms with E-state index in [1.165, 1.54) is 37.2 Å². The van der Waals surface area contributed by atoms with Crippen LogP contribution in [0.2, 0.25) is 0 Å². The Morgan fingerprint density at radius 2 is 2.11 bits per heavy atom. The van der Waals surface area contributed by atoms with Crippen LogP contribution in [0.3, 0.4) is 0 Å². The fourth-order valence-corrected chi connectivity index (χ4v) is 3.62. The van der Waals surface area contributed by atoms with Crippen molar-refractivity contribution < 1.29 is 9.90 Å². The van der Waals surface area contributed by atoms with E-state index in [2.05, 4.69) is 14.3 Å². The summed E-state index contributed by atoms with van der Waals surface area (Å²) < 4.78 is 4.45. The molecule has 1 N–H and O–H groups in total. The highest BCUT2D eigenvalue weighted by molar-refractivity contribution is 7.09. The van der Waals surface area contributed by atoms with E-state index in [0.29, 0.717) is 18.9 Å². The second kappa shape index (κ2) is 4.84. The van der Waals surface area contributed by atoms with Gasteiger partial charge < -0.3 is 10.0 Å². The minimum Gasteiger partial charge on any atom is -0.481 e. The lowest BCUT2D eigenvalue weighted by atomic mass is 10.1. The van der Waals surface area contributed by atoms with Gasteiger partial charge in [0.1, 0.15) is 5.82 Å². The lowest BCUT2D eigenvalue weighted by Crippen LogP contribution is -2.22. The highest BCUT2D eigenvalue weighted by atomic mass is 32.1. The molecule has 98 valence electrons. The third-order valence-electron chi connectivity index (χ3n) is 3.96. The molecule has 1 aromatic heterocycles. The molecule has 0 spiro atoms. The Bertz CT molecular complexity index is 442. The molecule has 1 aromatic rings. The van der Waals surface area contributed by atoms with Crippen LogP contribution in [-0.2, 0) is 4.79 Å². The van der Waals surface area contributed by atoms with Crippen LogP contribution in [0, 0.1) is 5.92 Å². The molecule has 2 aliphatic rings. The van der Waals surface area contributed by atoms with Gasteiger partial charge in [-0.05, 0) is 19.3 Å². The summed E-state index contributed by atoms with van der Waals surface area (Å²) in [4.78, 5) is 17.6. The monoisotopic (exact) mass is 267 g/mol. The van der Waals surface area contributed by atoms with Crippen molar-refractivity contribution in [2.75, 3.05) is 18.0 Å². The summed E-state index contributed by atoms with van der Waals surface area (Å²) in [6.45, 7) is 1.37. The summed E-state index contributed by atoms with van der Waals surface area (Å²) in [6, 6.07) is 0. The van der Waals surface area contributed by atoms with E-state index < -0.39 is 5.97 Å². The first kappa shape index (κ1) is 11.9. The van der Waals surface area contributed by atoms with Crippen LogP contribution in [0.15, 0.2) is 0 Å². The van der Waals surface area contributed by atoms with E-state index in [1.54, 1.807) is 0 Å². The molecule has 6 heteroatoms. The number of hydrogen-bond donors (Lipinski definition) is 1. The molecule has 1 atom stereocenters. The third kappa shape index (κ3) is 2.21. The average molecular weight is 267 g/mol. The minimum absolute atomic E-state index is 0.246. The number of anilines is 1. The molecule has 1 aliphatic carbocycles. The minimum atomic E-state index is -0.696. The van der Waals surface area contributed by atoms with Crippen LogP contribution < -0.4 is 4.90 Å². The molecule has 2 fully saturated rings. The Morgan fingerprint density at radius 3 is 2.78 bits per heavy atom. The Morgan fingerprint density at radius 1 is 1.33 bits per heavy atom. The van der Waals surface area contributed by atoms with Crippen molar-refractivity contribution in [3.63, 3.8) is 0 Å². The summed E-state index contributed by atoms with van der Waals surface area (Å²) in [5.41, 5.74) is 0. The average Bonchev–Trinajstić information content (AvgIpc) is 3.10. The van der Waals surface area contributed by atoms with E-state index in [1.807, 2.05) is 0 Å². The maximum atomic E-state index is 10.9. The van der Waals surface area contributed by atoms with Crippen LogP contribution in [0.5, 0.6) is 0 Å². The van der Waals surface area contributed by atoms with Crippen molar-refractivity contribution in [1.29, 1.82) is 0 Å². The SMILES string of the molecule is O=C(O)C1CCN(c2nc(C3CCCC3)ns2)C1. The normalized spacial score (nSPS) is 24.9. The van der Waals surface area contributed by atoms with E-state index in [4.69, 9.17) is 5.11 Å². The molecule has 0 radical (unpaired) electrons. The van der Waals surface area contributed by atoms with Gasteiger partial charge in [0, 0.05) is 30.5 Å². The lowest BCUT2D eigenvalue weighted by molar-refractivity contribution is -0.140. The number of aromatic nitrogens is 2. The highest BCUT2D eigenvalue weighted by Gasteiger charge is 2.30. The molecule has 0 amide bonds. The Balaban J connectivity index is 1.68. The van der Waals surface area contributed by atoms with Crippen LogP contribution in [0.1, 0.15) is 43.8 Å².